The molecule has 3 rings (SSSR count). The molecule has 1 aliphatic rings. The first-order valence-electron chi connectivity index (χ1n) is 8.49. The minimum atomic E-state index is -1.36. The van der Waals surface area contributed by atoms with Crippen molar-refractivity contribution in [2.45, 2.75) is 41.5 Å². The number of hydrogen-bond acceptors (Lipinski definition) is 3. The molecule has 0 aromatic heterocycles. The number of benzene rings is 2. The van der Waals surface area contributed by atoms with Gasteiger partial charge in [-0.3, -0.25) is 0 Å². The molecule has 2 aromatic carbocycles. The first-order chi connectivity index (χ1) is 11.3. The van der Waals surface area contributed by atoms with Crippen LogP contribution in [0.1, 0.15) is 33.4 Å². The molecule has 0 spiro atoms. The molecule has 3 nitrogen and oxygen atoms in total. The Morgan fingerprint density at radius 2 is 0.958 bits per heavy atom. The van der Waals surface area contributed by atoms with E-state index >= 15 is 0 Å². The second-order valence-corrected chi connectivity index (χ2v) is 8.51. The monoisotopic (exact) mass is 342 g/mol. The van der Waals surface area contributed by atoms with Gasteiger partial charge in [-0.05, 0) is 63.8 Å². The predicted octanol–water partition coefficient (Wildman–Crippen LogP) is 5.08. The zero-order chi connectivity index (χ0) is 17.6. The molecule has 4 heteroatoms. The molecule has 0 radical (unpaired) electrons. The van der Waals surface area contributed by atoms with E-state index in [0.717, 1.165) is 13.1 Å². The quantitative estimate of drug-likeness (QED) is 0.771. The Balaban J connectivity index is 1.99. The van der Waals surface area contributed by atoms with E-state index in [4.69, 9.17) is 0 Å². The molecule has 1 aliphatic heterocycles. The van der Waals surface area contributed by atoms with Crippen LogP contribution in [0.2, 0.25) is 0 Å². The third kappa shape index (κ3) is 2.92. The molecule has 1 saturated heterocycles. The van der Waals surface area contributed by atoms with Crippen LogP contribution in [-0.2, 0) is 0 Å². The number of anilines is 2. The van der Waals surface area contributed by atoms with Gasteiger partial charge in [-0.15, -0.1) is 0 Å². The van der Waals surface area contributed by atoms with Gasteiger partial charge in [0, 0.05) is 24.5 Å². The Kier molecular flexibility index (Phi) is 4.59. The molecular formula is C20H27N2OP. The van der Waals surface area contributed by atoms with Gasteiger partial charge in [-0.2, -0.15) is 0 Å². The van der Waals surface area contributed by atoms with E-state index in [9.17, 15) is 4.89 Å². The third-order valence-corrected chi connectivity index (χ3v) is 6.41. The van der Waals surface area contributed by atoms with E-state index in [-0.39, 0.29) is 0 Å². The van der Waals surface area contributed by atoms with Gasteiger partial charge in [-0.1, -0.05) is 35.4 Å². The summed E-state index contributed by atoms with van der Waals surface area (Å²) in [7, 11) is -1.36. The van der Waals surface area contributed by atoms with Gasteiger partial charge >= 0.3 is 0 Å². The van der Waals surface area contributed by atoms with Crippen LogP contribution in [0, 0.1) is 41.5 Å². The molecule has 24 heavy (non-hydrogen) atoms. The Bertz CT molecular complexity index is 676. The Morgan fingerprint density at radius 1 is 0.667 bits per heavy atom. The van der Waals surface area contributed by atoms with Crippen LogP contribution in [0.3, 0.4) is 0 Å². The number of aryl methyl sites for hydroxylation is 6. The molecule has 0 atom stereocenters. The summed E-state index contributed by atoms with van der Waals surface area (Å²) in [4.78, 5) is 11.1. The van der Waals surface area contributed by atoms with Crippen LogP contribution in [0.25, 0.3) is 0 Å². The summed E-state index contributed by atoms with van der Waals surface area (Å²) in [6.45, 7) is 14.5. The molecule has 0 amide bonds. The standard InChI is InChI=1S/C20H27N2OP/c1-13-9-15(3)19(16(4)10-13)21-7-8-22(24(21)23)20-17(5)11-14(2)12-18(20)6/h9-12,23H,7-8H2,1-6H3. The summed E-state index contributed by atoms with van der Waals surface area (Å²) in [6, 6.07) is 8.82. The van der Waals surface area contributed by atoms with Gasteiger partial charge in [0.1, 0.15) is 0 Å². The largest absolute Gasteiger partial charge is 0.338 e. The van der Waals surface area contributed by atoms with E-state index < -0.39 is 8.45 Å². The number of nitrogens with zero attached hydrogens (tertiary/aromatic N) is 2. The predicted molar refractivity (Wildman–Crippen MR) is 105 cm³/mol. The summed E-state index contributed by atoms with van der Waals surface area (Å²) in [5, 5.41) is 0. The molecule has 0 saturated carbocycles. The van der Waals surface area contributed by atoms with Crippen molar-refractivity contribution in [2.75, 3.05) is 22.4 Å². The fraction of sp³-hybridized carbons (Fsp3) is 0.400. The summed E-state index contributed by atoms with van der Waals surface area (Å²) in [5.74, 6) is 0. The van der Waals surface area contributed by atoms with Crippen molar-refractivity contribution in [3.63, 3.8) is 0 Å². The highest BCUT2D eigenvalue weighted by atomic mass is 31.2. The first-order valence-corrected chi connectivity index (χ1v) is 9.69. The van der Waals surface area contributed by atoms with E-state index in [1.807, 2.05) is 0 Å². The highest BCUT2D eigenvalue weighted by Gasteiger charge is 2.35. The smallest absolute Gasteiger partial charge is 0.245 e. The minimum Gasteiger partial charge on any atom is -0.338 e. The molecule has 0 bridgehead atoms. The van der Waals surface area contributed by atoms with Crippen LogP contribution in [0.4, 0.5) is 11.4 Å². The Labute approximate surface area is 146 Å². The van der Waals surface area contributed by atoms with Crippen molar-refractivity contribution in [3.05, 3.63) is 57.6 Å². The molecule has 128 valence electrons. The lowest BCUT2D eigenvalue weighted by molar-refractivity contribution is 0.623. The van der Waals surface area contributed by atoms with Gasteiger partial charge in [-0.25, -0.2) is 0 Å². The van der Waals surface area contributed by atoms with Crippen LogP contribution < -0.4 is 9.34 Å². The first kappa shape index (κ1) is 17.3. The van der Waals surface area contributed by atoms with Gasteiger partial charge < -0.3 is 14.2 Å². The third-order valence-electron chi connectivity index (χ3n) is 4.74. The molecule has 1 N–H and O–H groups in total. The maximum Gasteiger partial charge on any atom is 0.245 e. The van der Waals surface area contributed by atoms with Crippen molar-refractivity contribution in [1.82, 2.24) is 0 Å². The normalized spacial score (nSPS) is 15.5. The van der Waals surface area contributed by atoms with Crippen molar-refractivity contribution < 1.29 is 4.89 Å². The lowest BCUT2D eigenvalue weighted by Crippen LogP contribution is -2.17. The van der Waals surface area contributed by atoms with Crippen LogP contribution in [0.5, 0.6) is 0 Å². The van der Waals surface area contributed by atoms with Crippen LogP contribution >= 0.6 is 8.45 Å². The topological polar surface area (TPSA) is 26.7 Å². The Hall–Kier alpha value is -1.57. The summed E-state index contributed by atoms with van der Waals surface area (Å²) < 4.78 is 4.39. The lowest BCUT2D eigenvalue weighted by atomic mass is 10.0. The second-order valence-electron chi connectivity index (χ2n) is 7.01. The fourth-order valence-corrected chi connectivity index (χ4v) is 5.85. The maximum atomic E-state index is 11.1. The van der Waals surface area contributed by atoms with Gasteiger partial charge in [0.2, 0.25) is 8.45 Å². The zero-order valence-electron chi connectivity index (χ0n) is 15.5. The molecule has 2 aromatic rings. The SMILES string of the molecule is Cc1cc(C)c(N2CCN(c3c(C)cc(C)cc3C)P2O)c(C)c1. The fourth-order valence-electron chi connectivity index (χ4n) is 4.06. The average molecular weight is 342 g/mol. The lowest BCUT2D eigenvalue weighted by Gasteiger charge is -2.30. The molecule has 0 unspecified atom stereocenters. The zero-order valence-corrected chi connectivity index (χ0v) is 16.4. The van der Waals surface area contributed by atoms with Crippen molar-refractivity contribution in [3.8, 4) is 0 Å². The summed E-state index contributed by atoms with van der Waals surface area (Å²) in [5.41, 5.74) is 9.91. The van der Waals surface area contributed by atoms with E-state index in [2.05, 4.69) is 75.1 Å². The maximum absolute atomic E-state index is 11.1. The van der Waals surface area contributed by atoms with Crippen molar-refractivity contribution in [2.24, 2.45) is 0 Å². The second kappa shape index (κ2) is 6.38. The van der Waals surface area contributed by atoms with Gasteiger partial charge in [0.15, 0.2) is 0 Å². The van der Waals surface area contributed by atoms with Gasteiger partial charge in [0.05, 0.1) is 0 Å². The summed E-state index contributed by atoms with van der Waals surface area (Å²) in [6.07, 6.45) is 0. The molecule has 1 fully saturated rings. The summed E-state index contributed by atoms with van der Waals surface area (Å²) >= 11 is 0. The van der Waals surface area contributed by atoms with E-state index in [1.54, 1.807) is 0 Å². The van der Waals surface area contributed by atoms with Crippen LogP contribution in [0.15, 0.2) is 24.3 Å². The van der Waals surface area contributed by atoms with E-state index in [1.165, 1.54) is 44.8 Å². The molecule has 1 heterocycles. The van der Waals surface area contributed by atoms with Gasteiger partial charge in [0.25, 0.3) is 0 Å². The van der Waals surface area contributed by atoms with Crippen LogP contribution in [-0.4, -0.2) is 18.0 Å². The number of rotatable bonds is 2. The van der Waals surface area contributed by atoms with E-state index in [0.29, 0.717) is 0 Å². The molecular weight excluding hydrogens is 315 g/mol. The molecule has 0 aliphatic carbocycles. The van der Waals surface area contributed by atoms with Crippen molar-refractivity contribution in [1.29, 1.82) is 0 Å². The highest BCUT2D eigenvalue weighted by Crippen LogP contribution is 2.52. The minimum absolute atomic E-state index is 0.861. The number of hydrogen-bond donors (Lipinski definition) is 1. The van der Waals surface area contributed by atoms with Crippen molar-refractivity contribution >= 4 is 19.8 Å². The highest BCUT2D eigenvalue weighted by molar-refractivity contribution is 7.55. The Morgan fingerprint density at radius 3 is 1.25 bits per heavy atom. The average Bonchev–Trinajstić information content (AvgIpc) is 2.79.